The third-order valence-corrected chi connectivity index (χ3v) is 5.91. The maximum absolute atomic E-state index is 13.0. The number of carbonyl (C=O) groups excluding carboxylic acids is 1. The van der Waals surface area contributed by atoms with Crippen LogP contribution >= 0.6 is 0 Å². The molecule has 156 valence electrons. The number of imidazole rings is 1. The molecule has 1 amide bonds. The van der Waals surface area contributed by atoms with Crippen molar-refractivity contribution < 1.29 is 14.3 Å². The molecule has 0 saturated carbocycles. The van der Waals surface area contributed by atoms with Gasteiger partial charge in [0, 0.05) is 39.1 Å². The van der Waals surface area contributed by atoms with Gasteiger partial charge in [0.05, 0.1) is 11.0 Å². The highest BCUT2D eigenvalue weighted by molar-refractivity contribution is 5.81. The Kier molecular flexibility index (Phi) is 5.04. The van der Waals surface area contributed by atoms with Gasteiger partial charge in [0.25, 0.3) is 0 Å². The maximum atomic E-state index is 13.0. The molecule has 0 atom stereocenters. The lowest BCUT2D eigenvalue weighted by Crippen LogP contribution is -2.49. The van der Waals surface area contributed by atoms with Crippen molar-refractivity contribution in [1.82, 2.24) is 19.4 Å². The fraction of sp³-hybridized carbons (Fsp3) is 0.391. The van der Waals surface area contributed by atoms with Crippen LogP contribution in [0, 0.1) is 0 Å². The molecule has 7 heteroatoms. The molecular formula is C23H26N4O3. The van der Waals surface area contributed by atoms with Gasteiger partial charge in [-0.2, -0.15) is 0 Å². The third-order valence-electron chi connectivity index (χ3n) is 5.91. The standard InChI is InChI=1S/C23H26N4O3/c1-2-22-24-18-5-3-4-6-19(18)27(22)15-23(28)26-11-9-25(10-12-26)14-17-7-8-20-21(13-17)30-16-29-20/h3-8,13H,2,9-12,14-16H2,1H3. The fourth-order valence-corrected chi connectivity index (χ4v) is 4.26. The second-order valence-electron chi connectivity index (χ2n) is 7.80. The van der Waals surface area contributed by atoms with Gasteiger partial charge in [0.15, 0.2) is 11.5 Å². The third kappa shape index (κ3) is 3.61. The molecular weight excluding hydrogens is 380 g/mol. The van der Waals surface area contributed by atoms with Gasteiger partial charge in [-0.05, 0) is 29.8 Å². The minimum absolute atomic E-state index is 0.163. The van der Waals surface area contributed by atoms with Gasteiger partial charge in [-0.3, -0.25) is 9.69 Å². The van der Waals surface area contributed by atoms with Crippen LogP contribution in [-0.2, 0) is 24.3 Å². The van der Waals surface area contributed by atoms with Crippen molar-refractivity contribution in [3.8, 4) is 11.5 Å². The van der Waals surface area contributed by atoms with Gasteiger partial charge >= 0.3 is 0 Å². The van der Waals surface area contributed by atoms with Crippen LogP contribution < -0.4 is 9.47 Å². The normalized spacial score (nSPS) is 16.4. The van der Waals surface area contributed by atoms with E-state index in [0.717, 1.165) is 67.5 Å². The van der Waals surface area contributed by atoms with Gasteiger partial charge < -0.3 is 18.9 Å². The van der Waals surface area contributed by atoms with E-state index in [1.807, 2.05) is 35.2 Å². The first-order valence-electron chi connectivity index (χ1n) is 10.5. The molecule has 3 heterocycles. The summed E-state index contributed by atoms with van der Waals surface area (Å²) in [5.41, 5.74) is 3.19. The van der Waals surface area contributed by atoms with Crippen LogP contribution in [0.4, 0.5) is 0 Å². The van der Waals surface area contributed by atoms with Crippen LogP contribution in [0.5, 0.6) is 11.5 Å². The first-order valence-corrected chi connectivity index (χ1v) is 10.5. The first kappa shape index (κ1) is 18.9. The first-order chi connectivity index (χ1) is 14.7. The molecule has 2 aromatic carbocycles. The largest absolute Gasteiger partial charge is 0.454 e. The van der Waals surface area contributed by atoms with Crippen molar-refractivity contribution in [3.63, 3.8) is 0 Å². The average molecular weight is 406 g/mol. The topological polar surface area (TPSA) is 59.8 Å². The molecule has 1 saturated heterocycles. The number of rotatable bonds is 5. The second-order valence-corrected chi connectivity index (χ2v) is 7.80. The van der Waals surface area contributed by atoms with E-state index in [2.05, 4.69) is 33.5 Å². The Morgan fingerprint density at radius 2 is 1.83 bits per heavy atom. The highest BCUT2D eigenvalue weighted by Gasteiger charge is 2.23. The summed E-state index contributed by atoms with van der Waals surface area (Å²) in [4.78, 5) is 22.0. The zero-order valence-corrected chi connectivity index (χ0v) is 17.2. The highest BCUT2D eigenvalue weighted by atomic mass is 16.7. The predicted molar refractivity (Wildman–Crippen MR) is 114 cm³/mol. The van der Waals surface area contributed by atoms with Crippen LogP contribution in [0.25, 0.3) is 11.0 Å². The number of ether oxygens (including phenoxy) is 2. The maximum Gasteiger partial charge on any atom is 0.242 e. The summed E-state index contributed by atoms with van der Waals surface area (Å²) >= 11 is 0. The van der Waals surface area contributed by atoms with E-state index in [4.69, 9.17) is 9.47 Å². The molecule has 30 heavy (non-hydrogen) atoms. The molecule has 2 aliphatic rings. The van der Waals surface area contributed by atoms with Gasteiger partial charge in [0.1, 0.15) is 12.4 Å². The Balaban J connectivity index is 1.20. The van der Waals surface area contributed by atoms with Crippen LogP contribution in [0.2, 0.25) is 0 Å². The zero-order valence-electron chi connectivity index (χ0n) is 17.2. The molecule has 1 aromatic heterocycles. The molecule has 0 radical (unpaired) electrons. The van der Waals surface area contributed by atoms with Crippen LogP contribution in [-0.4, -0.2) is 58.2 Å². The van der Waals surface area contributed by atoms with Crippen molar-refractivity contribution >= 4 is 16.9 Å². The number of aryl methyl sites for hydroxylation is 1. The molecule has 0 spiro atoms. The predicted octanol–water partition coefficient (Wildman–Crippen LogP) is 2.67. The van der Waals surface area contributed by atoms with E-state index in [1.165, 1.54) is 5.56 Å². The molecule has 0 bridgehead atoms. The van der Waals surface area contributed by atoms with Gasteiger partial charge in [-0.25, -0.2) is 4.98 Å². The Morgan fingerprint density at radius 3 is 2.67 bits per heavy atom. The lowest BCUT2D eigenvalue weighted by atomic mass is 10.1. The molecule has 7 nitrogen and oxygen atoms in total. The van der Waals surface area contributed by atoms with E-state index in [-0.39, 0.29) is 5.91 Å². The Labute approximate surface area is 175 Å². The van der Waals surface area contributed by atoms with E-state index in [1.54, 1.807) is 0 Å². The molecule has 5 rings (SSSR count). The van der Waals surface area contributed by atoms with Gasteiger partial charge in [-0.1, -0.05) is 25.1 Å². The van der Waals surface area contributed by atoms with E-state index in [0.29, 0.717) is 13.3 Å². The lowest BCUT2D eigenvalue weighted by Gasteiger charge is -2.35. The number of nitrogens with zero attached hydrogens (tertiary/aromatic N) is 4. The number of fused-ring (bicyclic) bond motifs is 2. The number of piperazine rings is 1. The molecule has 0 unspecified atom stereocenters. The summed E-state index contributed by atoms with van der Waals surface area (Å²) in [6.45, 7) is 6.81. The number of aromatic nitrogens is 2. The zero-order chi connectivity index (χ0) is 20.5. The second kappa shape index (κ2) is 7.99. The van der Waals surface area contributed by atoms with Crippen molar-refractivity contribution in [2.24, 2.45) is 0 Å². The lowest BCUT2D eigenvalue weighted by molar-refractivity contribution is -0.133. The van der Waals surface area contributed by atoms with Crippen LogP contribution in [0.15, 0.2) is 42.5 Å². The molecule has 3 aromatic rings. The van der Waals surface area contributed by atoms with Crippen LogP contribution in [0.1, 0.15) is 18.3 Å². The summed E-state index contributed by atoms with van der Waals surface area (Å²) in [6, 6.07) is 14.1. The number of carbonyl (C=O) groups is 1. The summed E-state index contributed by atoms with van der Waals surface area (Å²) in [5, 5.41) is 0. The fourth-order valence-electron chi connectivity index (χ4n) is 4.26. The Bertz CT molecular complexity index is 1070. The number of benzene rings is 2. The average Bonchev–Trinajstić information content (AvgIpc) is 3.38. The van der Waals surface area contributed by atoms with E-state index < -0.39 is 0 Å². The number of hydrogen-bond donors (Lipinski definition) is 0. The van der Waals surface area contributed by atoms with Gasteiger partial charge in [-0.15, -0.1) is 0 Å². The Morgan fingerprint density at radius 1 is 1.03 bits per heavy atom. The number of amides is 1. The van der Waals surface area contributed by atoms with E-state index in [9.17, 15) is 4.79 Å². The van der Waals surface area contributed by atoms with Crippen molar-refractivity contribution in [1.29, 1.82) is 0 Å². The Hall–Kier alpha value is -3.06. The minimum atomic E-state index is 0.163. The molecule has 1 fully saturated rings. The highest BCUT2D eigenvalue weighted by Crippen LogP contribution is 2.32. The van der Waals surface area contributed by atoms with Gasteiger partial charge in [0.2, 0.25) is 12.7 Å². The number of para-hydroxylation sites is 2. The number of hydrogen-bond acceptors (Lipinski definition) is 5. The van der Waals surface area contributed by atoms with Crippen molar-refractivity contribution in [2.45, 2.75) is 26.4 Å². The van der Waals surface area contributed by atoms with E-state index >= 15 is 0 Å². The quantitative estimate of drug-likeness (QED) is 0.652. The van der Waals surface area contributed by atoms with Crippen molar-refractivity contribution in [3.05, 3.63) is 53.9 Å². The summed E-state index contributed by atoms with van der Waals surface area (Å²) in [5.74, 6) is 2.76. The smallest absolute Gasteiger partial charge is 0.242 e. The summed E-state index contributed by atoms with van der Waals surface area (Å²) in [7, 11) is 0. The molecule has 0 aliphatic carbocycles. The SMILES string of the molecule is CCc1nc2ccccc2n1CC(=O)N1CCN(Cc2ccc3c(c2)OCO3)CC1. The minimum Gasteiger partial charge on any atom is -0.454 e. The summed E-state index contributed by atoms with van der Waals surface area (Å²) in [6.07, 6.45) is 0.811. The monoisotopic (exact) mass is 406 g/mol. The molecule has 0 N–H and O–H groups in total. The molecule has 2 aliphatic heterocycles. The summed E-state index contributed by atoms with van der Waals surface area (Å²) < 4.78 is 12.9. The van der Waals surface area contributed by atoms with Crippen molar-refractivity contribution in [2.75, 3.05) is 33.0 Å². The van der Waals surface area contributed by atoms with Crippen LogP contribution in [0.3, 0.4) is 0 Å².